The maximum absolute atomic E-state index is 13.3. The number of aliphatic imine (C=N–C) groups is 1. The second kappa shape index (κ2) is 10.2. The highest BCUT2D eigenvalue weighted by atomic mass is 19.1. The van der Waals surface area contributed by atoms with Crippen LogP contribution in [0.2, 0.25) is 0 Å². The monoisotopic (exact) mass is 398 g/mol. The molecule has 1 aromatic carbocycles. The van der Waals surface area contributed by atoms with Gasteiger partial charge in [-0.25, -0.2) is 9.37 Å². The van der Waals surface area contributed by atoms with Crippen molar-refractivity contribution in [1.29, 1.82) is 0 Å². The number of nitrogens with zero attached hydrogens (tertiary/aromatic N) is 5. The molecule has 0 aliphatic carbocycles. The van der Waals surface area contributed by atoms with Gasteiger partial charge in [-0.1, -0.05) is 18.2 Å². The van der Waals surface area contributed by atoms with Crippen molar-refractivity contribution in [2.45, 2.75) is 13.0 Å². The van der Waals surface area contributed by atoms with E-state index in [2.05, 4.69) is 38.0 Å². The zero-order valence-electron chi connectivity index (χ0n) is 17.6. The number of nitrogens with one attached hydrogen (secondary N) is 1. The van der Waals surface area contributed by atoms with Crippen molar-refractivity contribution < 1.29 is 4.39 Å². The second-order valence-electron chi connectivity index (χ2n) is 7.39. The molecular weight excluding hydrogens is 367 g/mol. The average Bonchev–Trinajstić information content (AvgIpc) is 2.75. The minimum atomic E-state index is -0.214. The highest BCUT2D eigenvalue weighted by Gasteiger charge is 2.21. The van der Waals surface area contributed by atoms with Gasteiger partial charge in [-0.3, -0.25) is 4.99 Å². The van der Waals surface area contributed by atoms with Gasteiger partial charge in [-0.15, -0.1) is 0 Å². The van der Waals surface area contributed by atoms with Gasteiger partial charge in [0.15, 0.2) is 5.96 Å². The van der Waals surface area contributed by atoms with E-state index in [1.54, 1.807) is 0 Å². The summed E-state index contributed by atoms with van der Waals surface area (Å²) in [5.41, 5.74) is 1.07. The number of anilines is 1. The molecule has 0 spiro atoms. The lowest BCUT2D eigenvalue weighted by molar-refractivity contribution is 0.303. The summed E-state index contributed by atoms with van der Waals surface area (Å²) in [7, 11) is 4.06. The SMILES string of the molecule is CCNC(=NCC(c1ccc(F)cc1)N(C)C)N1CCN(c2ccccn2)CC1. The molecule has 1 saturated heterocycles. The Bertz CT molecular complexity index is 770. The van der Waals surface area contributed by atoms with Crippen LogP contribution in [0.4, 0.5) is 10.2 Å². The zero-order chi connectivity index (χ0) is 20.6. The number of rotatable bonds is 6. The molecule has 156 valence electrons. The van der Waals surface area contributed by atoms with Crippen molar-refractivity contribution in [3.05, 3.63) is 60.0 Å². The molecule has 2 heterocycles. The lowest BCUT2D eigenvalue weighted by Crippen LogP contribution is -2.53. The Morgan fingerprint density at radius 2 is 1.86 bits per heavy atom. The van der Waals surface area contributed by atoms with Crippen LogP contribution in [0.15, 0.2) is 53.7 Å². The van der Waals surface area contributed by atoms with Crippen molar-refractivity contribution in [1.82, 2.24) is 20.1 Å². The van der Waals surface area contributed by atoms with Gasteiger partial charge in [0.2, 0.25) is 0 Å². The summed E-state index contributed by atoms with van der Waals surface area (Å²) in [6, 6.07) is 12.8. The lowest BCUT2D eigenvalue weighted by Gasteiger charge is -2.37. The summed E-state index contributed by atoms with van der Waals surface area (Å²) in [5.74, 6) is 1.74. The van der Waals surface area contributed by atoms with E-state index in [0.29, 0.717) is 6.54 Å². The van der Waals surface area contributed by atoms with Crippen molar-refractivity contribution >= 4 is 11.8 Å². The van der Waals surface area contributed by atoms with Crippen LogP contribution in [-0.2, 0) is 0 Å². The topological polar surface area (TPSA) is 47.0 Å². The fourth-order valence-electron chi connectivity index (χ4n) is 3.54. The van der Waals surface area contributed by atoms with E-state index in [1.807, 2.05) is 44.6 Å². The summed E-state index contributed by atoms with van der Waals surface area (Å²) in [6.45, 7) is 7.14. The first-order chi connectivity index (χ1) is 14.1. The average molecular weight is 399 g/mol. The molecule has 1 aliphatic heterocycles. The number of hydrogen-bond donors (Lipinski definition) is 1. The molecule has 1 atom stereocenters. The summed E-state index contributed by atoms with van der Waals surface area (Å²) >= 11 is 0. The number of guanidine groups is 1. The predicted molar refractivity (Wildman–Crippen MR) is 117 cm³/mol. The molecule has 0 radical (unpaired) electrons. The highest BCUT2D eigenvalue weighted by molar-refractivity contribution is 5.80. The molecule has 1 N–H and O–H groups in total. The van der Waals surface area contributed by atoms with E-state index in [1.165, 1.54) is 12.1 Å². The Labute approximate surface area is 173 Å². The second-order valence-corrected chi connectivity index (χ2v) is 7.39. The van der Waals surface area contributed by atoms with Crippen LogP contribution in [0.1, 0.15) is 18.5 Å². The Morgan fingerprint density at radius 3 is 2.45 bits per heavy atom. The van der Waals surface area contributed by atoms with Gasteiger partial charge >= 0.3 is 0 Å². The van der Waals surface area contributed by atoms with Crippen LogP contribution >= 0.6 is 0 Å². The Morgan fingerprint density at radius 1 is 1.14 bits per heavy atom. The molecule has 3 rings (SSSR count). The normalized spacial score (nSPS) is 16.2. The molecule has 6 nitrogen and oxygen atoms in total. The molecule has 0 bridgehead atoms. The fourth-order valence-corrected chi connectivity index (χ4v) is 3.54. The molecular formula is C22H31FN6. The number of pyridine rings is 1. The minimum absolute atomic E-state index is 0.0964. The van der Waals surface area contributed by atoms with Crippen molar-refractivity contribution in [2.75, 3.05) is 58.3 Å². The van der Waals surface area contributed by atoms with E-state index in [-0.39, 0.29) is 11.9 Å². The Kier molecular flexibility index (Phi) is 7.41. The largest absolute Gasteiger partial charge is 0.357 e. The molecule has 0 saturated carbocycles. The lowest BCUT2D eigenvalue weighted by atomic mass is 10.1. The van der Waals surface area contributed by atoms with E-state index >= 15 is 0 Å². The quantitative estimate of drug-likeness (QED) is 0.599. The van der Waals surface area contributed by atoms with Gasteiger partial charge in [0, 0.05) is 38.9 Å². The third-order valence-electron chi connectivity index (χ3n) is 5.18. The standard InChI is InChI=1S/C22H31FN6/c1-4-24-22(26-17-20(27(2)3)18-8-10-19(23)11-9-18)29-15-13-28(14-16-29)21-7-5-6-12-25-21/h5-12,20H,4,13-17H2,1-3H3,(H,24,26). The molecule has 29 heavy (non-hydrogen) atoms. The molecule has 7 heteroatoms. The third-order valence-corrected chi connectivity index (χ3v) is 5.18. The molecule has 1 fully saturated rings. The summed E-state index contributed by atoms with van der Waals surface area (Å²) < 4.78 is 13.3. The van der Waals surface area contributed by atoms with Crippen LogP contribution < -0.4 is 10.2 Å². The van der Waals surface area contributed by atoms with Crippen LogP contribution in [0, 0.1) is 5.82 Å². The molecule has 0 amide bonds. The maximum Gasteiger partial charge on any atom is 0.194 e. The van der Waals surface area contributed by atoms with Crippen molar-refractivity contribution in [2.24, 2.45) is 4.99 Å². The molecule has 1 aromatic heterocycles. The number of likely N-dealkylation sites (N-methyl/N-ethyl adjacent to an activating group) is 1. The van der Waals surface area contributed by atoms with E-state index in [9.17, 15) is 4.39 Å². The Balaban J connectivity index is 1.66. The third kappa shape index (κ3) is 5.67. The molecule has 1 unspecified atom stereocenters. The number of aromatic nitrogens is 1. The van der Waals surface area contributed by atoms with Crippen LogP contribution in [0.3, 0.4) is 0 Å². The van der Waals surface area contributed by atoms with Gasteiger partial charge in [0.1, 0.15) is 11.6 Å². The smallest absolute Gasteiger partial charge is 0.194 e. The summed E-state index contributed by atoms with van der Waals surface area (Å²) in [5, 5.41) is 3.43. The molecule has 1 aliphatic rings. The van der Waals surface area contributed by atoms with Gasteiger partial charge in [0.05, 0.1) is 12.6 Å². The molecule has 2 aromatic rings. The zero-order valence-corrected chi connectivity index (χ0v) is 17.6. The first-order valence-corrected chi connectivity index (χ1v) is 10.2. The number of halogens is 1. The summed E-state index contributed by atoms with van der Waals surface area (Å²) in [6.07, 6.45) is 1.84. The van der Waals surface area contributed by atoms with Crippen molar-refractivity contribution in [3.8, 4) is 0 Å². The number of benzene rings is 1. The first-order valence-electron chi connectivity index (χ1n) is 10.2. The number of hydrogen-bond acceptors (Lipinski definition) is 4. The highest BCUT2D eigenvalue weighted by Crippen LogP contribution is 2.19. The van der Waals surface area contributed by atoms with Gasteiger partial charge < -0.3 is 20.0 Å². The van der Waals surface area contributed by atoms with Gasteiger partial charge in [0.25, 0.3) is 0 Å². The van der Waals surface area contributed by atoms with E-state index in [0.717, 1.165) is 50.1 Å². The van der Waals surface area contributed by atoms with Crippen molar-refractivity contribution in [3.63, 3.8) is 0 Å². The first kappa shape index (κ1) is 21.0. The predicted octanol–water partition coefficient (Wildman–Crippen LogP) is 2.61. The summed E-state index contributed by atoms with van der Waals surface area (Å²) in [4.78, 5) is 16.1. The fraction of sp³-hybridized carbons (Fsp3) is 0.455. The number of piperazine rings is 1. The maximum atomic E-state index is 13.3. The van der Waals surface area contributed by atoms with Gasteiger partial charge in [-0.05, 0) is 50.8 Å². The van der Waals surface area contributed by atoms with Crippen LogP contribution in [0.25, 0.3) is 0 Å². The van der Waals surface area contributed by atoms with E-state index < -0.39 is 0 Å². The Hall–Kier alpha value is -2.67. The van der Waals surface area contributed by atoms with Crippen LogP contribution in [0.5, 0.6) is 0 Å². The minimum Gasteiger partial charge on any atom is -0.357 e. The van der Waals surface area contributed by atoms with E-state index in [4.69, 9.17) is 4.99 Å². The van der Waals surface area contributed by atoms with Gasteiger partial charge in [-0.2, -0.15) is 0 Å². The van der Waals surface area contributed by atoms with Crippen LogP contribution in [-0.4, -0.2) is 74.1 Å².